The molecule has 0 spiro atoms. The molecule has 1 fully saturated rings. The normalized spacial score (nSPS) is 17.0. The van der Waals surface area contributed by atoms with Crippen molar-refractivity contribution in [3.8, 4) is 0 Å². The zero-order chi connectivity index (χ0) is 17.9. The summed E-state index contributed by atoms with van der Waals surface area (Å²) in [7, 11) is 0. The van der Waals surface area contributed by atoms with Crippen molar-refractivity contribution in [3.05, 3.63) is 71.8 Å². The SMILES string of the molecule is O=C1CCCCC(=O)C1(C(=O)c1ccccc1)C(=O)c1ccccc1. The Bertz CT molecular complexity index is 750. The van der Waals surface area contributed by atoms with Gasteiger partial charge in [0.2, 0.25) is 5.41 Å². The molecule has 0 aliphatic heterocycles. The van der Waals surface area contributed by atoms with E-state index in [-0.39, 0.29) is 24.0 Å². The number of Topliss-reactive ketones (excluding diaryl/α,β-unsaturated/α-hetero) is 4. The number of carbonyl (C=O) groups excluding carboxylic acids is 4. The van der Waals surface area contributed by atoms with Gasteiger partial charge in [0.25, 0.3) is 0 Å². The summed E-state index contributed by atoms with van der Waals surface area (Å²) in [5.74, 6) is -2.59. The second kappa shape index (κ2) is 6.93. The molecule has 2 aromatic carbocycles. The van der Waals surface area contributed by atoms with Crippen molar-refractivity contribution in [2.75, 3.05) is 0 Å². The summed E-state index contributed by atoms with van der Waals surface area (Å²) < 4.78 is 0. The standard InChI is InChI=1S/C21H18O4/c22-17-13-7-8-14-18(23)21(17,19(24)15-9-3-1-4-10-15)20(25)16-11-5-2-6-12-16/h1-6,9-12H,7-8,13-14H2. The summed E-state index contributed by atoms with van der Waals surface area (Å²) >= 11 is 0. The van der Waals surface area contributed by atoms with E-state index in [0.29, 0.717) is 12.8 Å². The maximum Gasteiger partial charge on any atom is 0.212 e. The zero-order valence-electron chi connectivity index (χ0n) is 13.7. The van der Waals surface area contributed by atoms with Crippen LogP contribution in [0.2, 0.25) is 0 Å². The van der Waals surface area contributed by atoms with E-state index in [1.807, 2.05) is 0 Å². The van der Waals surface area contributed by atoms with Crippen molar-refractivity contribution >= 4 is 23.1 Å². The van der Waals surface area contributed by atoms with Gasteiger partial charge in [-0.3, -0.25) is 19.2 Å². The molecule has 0 amide bonds. The van der Waals surface area contributed by atoms with Crippen LogP contribution in [0.4, 0.5) is 0 Å². The highest BCUT2D eigenvalue weighted by atomic mass is 16.2. The average Bonchev–Trinajstić information content (AvgIpc) is 2.81. The number of hydrogen-bond donors (Lipinski definition) is 0. The topological polar surface area (TPSA) is 68.3 Å². The van der Waals surface area contributed by atoms with Crippen LogP contribution in [0.15, 0.2) is 60.7 Å². The number of hydrogen-bond acceptors (Lipinski definition) is 4. The van der Waals surface area contributed by atoms with Gasteiger partial charge in [-0.25, -0.2) is 0 Å². The molecule has 0 N–H and O–H groups in total. The Hall–Kier alpha value is -2.88. The van der Waals surface area contributed by atoms with Gasteiger partial charge in [-0.1, -0.05) is 60.7 Å². The molecule has 1 saturated carbocycles. The van der Waals surface area contributed by atoms with Gasteiger partial charge in [-0.15, -0.1) is 0 Å². The summed E-state index contributed by atoms with van der Waals surface area (Å²) in [4.78, 5) is 52.3. The van der Waals surface area contributed by atoms with Crippen LogP contribution in [0, 0.1) is 5.41 Å². The molecule has 4 heteroatoms. The molecule has 0 aromatic heterocycles. The molecule has 2 aromatic rings. The van der Waals surface area contributed by atoms with E-state index in [1.54, 1.807) is 36.4 Å². The van der Waals surface area contributed by atoms with E-state index in [9.17, 15) is 19.2 Å². The minimum Gasteiger partial charge on any atom is -0.298 e. The molecule has 0 bridgehead atoms. The highest BCUT2D eigenvalue weighted by molar-refractivity contribution is 6.44. The molecule has 0 saturated heterocycles. The van der Waals surface area contributed by atoms with Gasteiger partial charge < -0.3 is 0 Å². The van der Waals surface area contributed by atoms with Crippen LogP contribution >= 0.6 is 0 Å². The molecule has 4 nitrogen and oxygen atoms in total. The quantitative estimate of drug-likeness (QED) is 0.488. The van der Waals surface area contributed by atoms with E-state index < -0.39 is 28.5 Å². The van der Waals surface area contributed by atoms with Gasteiger partial charge in [0, 0.05) is 24.0 Å². The van der Waals surface area contributed by atoms with E-state index in [2.05, 4.69) is 0 Å². The first kappa shape index (κ1) is 17.0. The third-order valence-corrected chi connectivity index (χ3v) is 4.65. The minimum atomic E-state index is -2.25. The van der Waals surface area contributed by atoms with Gasteiger partial charge in [0.1, 0.15) is 0 Å². The maximum absolute atomic E-state index is 13.2. The fourth-order valence-electron chi connectivity index (χ4n) is 3.32. The Morgan fingerprint density at radius 2 is 1.00 bits per heavy atom. The fourth-order valence-corrected chi connectivity index (χ4v) is 3.32. The molecule has 0 atom stereocenters. The summed E-state index contributed by atoms with van der Waals surface area (Å²) in [6.45, 7) is 0. The highest BCUT2D eigenvalue weighted by Crippen LogP contribution is 2.36. The number of rotatable bonds is 4. The van der Waals surface area contributed by atoms with E-state index in [1.165, 1.54) is 24.3 Å². The van der Waals surface area contributed by atoms with Crippen molar-refractivity contribution in [2.45, 2.75) is 25.7 Å². The Morgan fingerprint density at radius 1 is 0.640 bits per heavy atom. The average molecular weight is 334 g/mol. The predicted molar refractivity (Wildman–Crippen MR) is 92.5 cm³/mol. The lowest BCUT2D eigenvalue weighted by Crippen LogP contribution is -2.52. The van der Waals surface area contributed by atoms with Crippen LogP contribution in [-0.4, -0.2) is 23.1 Å². The van der Waals surface area contributed by atoms with Gasteiger partial charge in [-0.05, 0) is 12.8 Å². The monoisotopic (exact) mass is 334 g/mol. The van der Waals surface area contributed by atoms with Crippen LogP contribution in [-0.2, 0) is 9.59 Å². The molecule has 126 valence electrons. The number of benzene rings is 2. The van der Waals surface area contributed by atoms with Crippen molar-refractivity contribution in [3.63, 3.8) is 0 Å². The molecule has 3 rings (SSSR count). The van der Waals surface area contributed by atoms with Crippen LogP contribution in [0.1, 0.15) is 46.4 Å². The molecule has 0 radical (unpaired) electrons. The predicted octanol–water partition coefficient (Wildman–Crippen LogP) is 3.45. The Balaban J connectivity index is 2.21. The van der Waals surface area contributed by atoms with Crippen LogP contribution in [0.3, 0.4) is 0 Å². The molecular weight excluding hydrogens is 316 g/mol. The first-order valence-electron chi connectivity index (χ1n) is 8.34. The zero-order valence-corrected chi connectivity index (χ0v) is 13.7. The molecule has 1 aliphatic carbocycles. The number of carbonyl (C=O) groups is 4. The lowest BCUT2D eigenvalue weighted by atomic mass is 9.67. The lowest BCUT2D eigenvalue weighted by molar-refractivity contribution is -0.133. The van der Waals surface area contributed by atoms with Gasteiger partial charge in [-0.2, -0.15) is 0 Å². The maximum atomic E-state index is 13.2. The van der Waals surface area contributed by atoms with Gasteiger partial charge in [0.05, 0.1) is 0 Å². The van der Waals surface area contributed by atoms with Crippen LogP contribution in [0.5, 0.6) is 0 Å². The molecule has 0 heterocycles. The molecular formula is C21H18O4. The minimum absolute atomic E-state index is 0.0584. The Kier molecular flexibility index (Phi) is 4.70. The summed E-state index contributed by atoms with van der Waals surface area (Å²) in [6, 6.07) is 16.2. The second-order valence-electron chi connectivity index (χ2n) is 6.19. The fraction of sp³-hybridized carbons (Fsp3) is 0.238. The summed E-state index contributed by atoms with van der Waals surface area (Å²) in [6.07, 6.45) is 1.14. The van der Waals surface area contributed by atoms with Crippen molar-refractivity contribution < 1.29 is 19.2 Å². The molecule has 0 unspecified atom stereocenters. The van der Waals surface area contributed by atoms with Crippen molar-refractivity contribution in [1.29, 1.82) is 0 Å². The molecule has 1 aliphatic rings. The van der Waals surface area contributed by atoms with Gasteiger partial charge >= 0.3 is 0 Å². The Labute approximate surface area is 145 Å². The number of ketones is 4. The Morgan fingerprint density at radius 3 is 1.36 bits per heavy atom. The van der Waals surface area contributed by atoms with Crippen molar-refractivity contribution in [2.24, 2.45) is 5.41 Å². The first-order valence-corrected chi connectivity index (χ1v) is 8.34. The third-order valence-electron chi connectivity index (χ3n) is 4.65. The van der Waals surface area contributed by atoms with E-state index in [0.717, 1.165) is 0 Å². The lowest BCUT2D eigenvalue weighted by Gasteiger charge is -2.27. The van der Waals surface area contributed by atoms with Crippen molar-refractivity contribution in [1.82, 2.24) is 0 Å². The third kappa shape index (κ3) is 2.84. The van der Waals surface area contributed by atoms with E-state index in [4.69, 9.17) is 0 Å². The second-order valence-corrected chi connectivity index (χ2v) is 6.19. The van der Waals surface area contributed by atoms with Crippen LogP contribution < -0.4 is 0 Å². The molecule has 25 heavy (non-hydrogen) atoms. The highest BCUT2D eigenvalue weighted by Gasteiger charge is 2.57. The first-order chi connectivity index (χ1) is 12.1. The largest absolute Gasteiger partial charge is 0.298 e. The summed E-state index contributed by atoms with van der Waals surface area (Å²) in [5.41, 5.74) is -1.84. The summed E-state index contributed by atoms with van der Waals surface area (Å²) in [5, 5.41) is 0. The van der Waals surface area contributed by atoms with E-state index >= 15 is 0 Å². The van der Waals surface area contributed by atoms with Crippen LogP contribution in [0.25, 0.3) is 0 Å². The van der Waals surface area contributed by atoms with Gasteiger partial charge in [0.15, 0.2) is 23.1 Å². The smallest absolute Gasteiger partial charge is 0.212 e.